The Labute approximate surface area is 142 Å². The van der Waals surface area contributed by atoms with Crippen molar-refractivity contribution >= 4 is 22.9 Å². The van der Waals surface area contributed by atoms with E-state index in [1.54, 1.807) is 19.1 Å². The summed E-state index contributed by atoms with van der Waals surface area (Å²) in [6.07, 6.45) is 0. The fraction of sp³-hybridized carbons (Fsp3) is 0.111. The smallest absolute Gasteiger partial charge is 0.267 e. The number of nitrogens with zero attached hydrogens (tertiary/aromatic N) is 1. The lowest BCUT2D eigenvalue weighted by atomic mass is 10.2. The molecule has 24 heavy (non-hydrogen) atoms. The van der Waals surface area contributed by atoms with Gasteiger partial charge in [-0.15, -0.1) is 11.3 Å². The highest BCUT2D eigenvalue weighted by molar-refractivity contribution is 7.17. The van der Waals surface area contributed by atoms with Crippen LogP contribution in [0.3, 0.4) is 0 Å². The van der Waals surface area contributed by atoms with E-state index in [2.05, 4.69) is 10.3 Å². The van der Waals surface area contributed by atoms with E-state index < -0.39 is 11.6 Å². The molecule has 0 aliphatic rings. The highest BCUT2D eigenvalue weighted by atomic mass is 32.1. The van der Waals surface area contributed by atoms with Crippen molar-refractivity contribution in [2.45, 2.75) is 13.8 Å². The van der Waals surface area contributed by atoms with E-state index >= 15 is 0 Å². The van der Waals surface area contributed by atoms with Crippen LogP contribution in [0.15, 0.2) is 42.5 Å². The first-order valence-electron chi connectivity index (χ1n) is 7.25. The van der Waals surface area contributed by atoms with E-state index in [0.717, 1.165) is 16.9 Å². The molecule has 0 saturated heterocycles. The Morgan fingerprint density at radius 2 is 1.67 bits per heavy atom. The fourth-order valence-electron chi connectivity index (χ4n) is 2.24. The Morgan fingerprint density at radius 1 is 1.04 bits per heavy atom. The standard InChI is InChI=1S/C18H14F2N2OS/c1-10-6-8-12(9-7-10)22-17(23)16-11(2)21-18(24-16)15-13(19)4-3-5-14(15)20/h3-9H,1-2H3,(H,22,23). The van der Waals surface area contributed by atoms with Gasteiger partial charge in [0.2, 0.25) is 0 Å². The molecule has 0 radical (unpaired) electrons. The first kappa shape index (κ1) is 16.3. The van der Waals surface area contributed by atoms with E-state index in [1.165, 1.54) is 18.2 Å². The van der Waals surface area contributed by atoms with Crippen LogP contribution in [0.25, 0.3) is 10.6 Å². The van der Waals surface area contributed by atoms with Crippen molar-refractivity contribution in [1.29, 1.82) is 0 Å². The van der Waals surface area contributed by atoms with Crippen molar-refractivity contribution in [3.05, 3.63) is 70.2 Å². The van der Waals surface area contributed by atoms with Crippen molar-refractivity contribution in [2.75, 3.05) is 5.32 Å². The molecule has 0 bridgehead atoms. The minimum absolute atomic E-state index is 0.150. The van der Waals surface area contributed by atoms with Gasteiger partial charge in [0.05, 0.1) is 11.3 Å². The minimum atomic E-state index is -0.700. The molecule has 1 heterocycles. The third-order valence-electron chi connectivity index (χ3n) is 3.49. The predicted octanol–water partition coefficient (Wildman–Crippen LogP) is 4.96. The molecule has 3 nitrogen and oxygen atoms in total. The van der Waals surface area contributed by atoms with Crippen LogP contribution in [0.2, 0.25) is 0 Å². The number of benzene rings is 2. The minimum Gasteiger partial charge on any atom is -0.321 e. The maximum Gasteiger partial charge on any atom is 0.267 e. The molecule has 1 aromatic heterocycles. The molecule has 0 saturated carbocycles. The van der Waals surface area contributed by atoms with Gasteiger partial charge in [0.25, 0.3) is 5.91 Å². The zero-order chi connectivity index (χ0) is 17.3. The Hall–Kier alpha value is -2.60. The maximum atomic E-state index is 13.9. The first-order valence-corrected chi connectivity index (χ1v) is 8.07. The predicted molar refractivity (Wildman–Crippen MR) is 91.3 cm³/mol. The summed E-state index contributed by atoms with van der Waals surface area (Å²) in [6.45, 7) is 3.59. The number of amides is 1. The summed E-state index contributed by atoms with van der Waals surface area (Å²) in [6, 6.07) is 11.0. The second-order valence-corrected chi connectivity index (χ2v) is 6.35. The highest BCUT2D eigenvalue weighted by Crippen LogP contribution is 2.32. The van der Waals surface area contributed by atoms with Gasteiger partial charge < -0.3 is 5.32 Å². The lowest BCUT2D eigenvalue weighted by molar-refractivity contribution is 0.103. The van der Waals surface area contributed by atoms with Crippen LogP contribution < -0.4 is 5.32 Å². The molecule has 6 heteroatoms. The second kappa shape index (κ2) is 6.49. The van der Waals surface area contributed by atoms with E-state index in [-0.39, 0.29) is 16.5 Å². The molecule has 3 rings (SSSR count). The Bertz CT molecular complexity index is 884. The van der Waals surface area contributed by atoms with E-state index in [0.29, 0.717) is 16.3 Å². The molecule has 0 fully saturated rings. The highest BCUT2D eigenvalue weighted by Gasteiger charge is 2.20. The Kier molecular flexibility index (Phi) is 4.40. The van der Waals surface area contributed by atoms with Gasteiger partial charge in [0, 0.05) is 5.69 Å². The third-order valence-corrected chi connectivity index (χ3v) is 4.66. The Balaban J connectivity index is 1.91. The second-order valence-electron chi connectivity index (χ2n) is 5.35. The number of rotatable bonds is 3. The number of carbonyl (C=O) groups is 1. The molecule has 0 aliphatic carbocycles. The van der Waals surface area contributed by atoms with Gasteiger partial charge in [-0.3, -0.25) is 4.79 Å². The summed E-state index contributed by atoms with van der Waals surface area (Å²) < 4.78 is 27.8. The largest absolute Gasteiger partial charge is 0.321 e. The van der Waals surface area contributed by atoms with Crippen molar-refractivity contribution < 1.29 is 13.6 Å². The summed E-state index contributed by atoms with van der Waals surface area (Å²) in [4.78, 5) is 16.9. The number of aryl methyl sites for hydroxylation is 2. The number of hydrogen-bond acceptors (Lipinski definition) is 3. The van der Waals surface area contributed by atoms with Crippen LogP contribution in [0, 0.1) is 25.5 Å². The average Bonchev–Trinajstić information content (AvgIpc) is 2.91. The number of anilines is 1. The molecule has 3 aromatic rings. The summed E-state index contributed by atoms with van der Waals surface area (Å²) in [7, 11) is 0. The molecule has 0 atom stereocenters. The number of nitrogens with one attached hydrogen (secondary N) is 1. The van der Waals surface area contributed by atoms with Gasteiger partial charge in [-0.1, -0.05) is 23.8 Å². The quantitative estimate of drug-likeness (QED) is 0.730. The van der Waals surface area contributed by atoms with E-state index in [9.17, 15) is 13.6 Å². The summed E-state index contributed by atoms with van der Waals surface area (Å²) >= 11 is 0.968. The molecule has 2 aromatic carbocycles. The van der Waals surface area contributed by atoms with Gasteiger partial charge >= 0.3 is 0 Å². The molecular formula is C18H14F2N2OS. The van der Waals surface area contributed by atoms with Gasteiger partial charge in [-0.05, 0) is 38.1 Å². The molecular weight excluding hydrogens is 330 g/mol. The van der Waals surface area contributed by atoms with Crippen LogP contribution in [0.4, 0.5) is 14.5 Å². The van der Waals surface area contributed by atoms with Gasteiger partial charge in [0.15, 0.2) is 0 Å². The molecule has 122 valence electrons. The monoisotopic (exact) mass is 344 g/mol. The summed E-state index contributed by atoms with van der Waals surface area (Å²) in [5, 5.41) is 2.91. The zero-order valence-corrected chi connectivity index (χ0v) is 13.9. The van der Waals surface area contributed by atoms with Crippen molar-refractivity contribution in [3.8, 4) is 10.6 Å². The number of aromatic nitrogens is 1. The van der Waals surface area contributed by atoms with Gasteiger partial charge in [-0.25, -0.2) is 13.8 Å². The molecule has 1 N–H and O–H groups in total. The number of carbonyl (C=O) groups excluding carboxylic acids is 1. The van der Waals surface area contributed by atoms with Crippen molar-refractivity contribution in [3.63, 3.8) is 0 Å². The molecule has 1 amide bonds. The normalized spacial score (nSPS) is 10.7. The number of thiazole rings is 1. The lowest BCUT2D eigenvalue weighted by Gasteiger charge is -2.04. The number of hydrogen-bond donors (Lipinski definition) is 1. The first-order chi connectivity index (χ1) is 11.5. The molecule has 0 spiro atoms. The van der Waals surface area contributed by atoms with Crippen LogP contribution >= 0.6 is 11.3 Å². The molecule has 0 unspecified atom stereocenters. The van der Waals surface area contributed by atoms with Gasteiger partial charge in [-0.2, -0.15) is 0 Å². The van der Waals surface area contributed by atoms with Crippen LogP contribution in [-0.4, -0.2) is 10.9 Å². The van der Waals surface area contributed by atoms with Crippen LogP contribution in [0.5, 0.6) is 0 Å². The van der Waals surface area contributed by atoms with Crippen LogP contribution in [0.1, 0.15) is 20.9 Å². The SMILES string of the molecule is Cc1ccc(NC(=O)c2sc(-c3c(F)cccc3F)nc2C)cc1. The van der Waals surface area contributed by atoms with E-state index in [1.807, 2.05) is 19.1 Å². The fourth-order valence-corrected chi connectivity index (χ4v) is 3.25. The van der Waals surface area contributed by atoms with Crippen molar-refractivity contribution in [1.82, 2.24) is 4.98 Å². The lowest BCUT2D eigenvalue weighted by Crippen LogP contribution is -2.11. The van der Waals surface area contributed by atoms with Gasteiger partial charge in [0.1, 0.15) is 21.5 Å². The van der Waals surface area contributed by atoms with Crippen LogP contribution in [-0.2, 0) is 0 Å². The third kappa shape index (κ3) is 3.19. The summed E-state index contributed by atoms with van der Waals surface area (Å²) in [5.41, 5.74) is 1.96. The Morgan fingerprint density at radius 3 is 2.29 bits per heavy atom. The number of halogens is 2. The maximum absolute atomic E-state index is 13.9. The molecule has 0 aliphatic heterocycles. The average molecular weight is 344 g/mol. The zero-order valence-electron chi connectivity index (χ0n) is 13.1. The summed E-state index contributed by atoms with van der Waals surface area (Å²) in [5.74, 6) is -1.75. The topological polar surface area (TPSA) is 42.0 Å². The van der Waals surface area contributed by atoms with E-state index in [4.69, 9.17) is 0 Å². The van der Waals surface area contributed by atoms with Crippen molar-refractivity contribution in [2.24, 2.45) is 0 Å².